The second-order valence-electron chi connectivity index (χ2n) is 9.75. The molecule has 0 radical (unpaired) electrons. The van der Waals surface area contributed by atoms with Crippen molar-refractivity contribution >= 4 is 31.5 Å². The van der Waals surface area contributed by atoms with Crippen LogP contribution in [0.15, 0.2) is 59.7 Å². The van der Waals surface area contributed by atoms with Gasteiger partial charge in [-0.1, -0.05) is 0 Å². The van der Waals surface area contributed by atoms with E-state index in [0.717, 1.165) is 0 Å². The van der Waals surface area contributed by atoms with Crippen molar-refractivity contribution in [2.75, 3.05) is 0 Å². The Hall–Kier alpha value is -0.703. The fourth-order valence-electron chi connectivity index (χ4n) is 6.25. The molecule has 0 heterocycles. The van der Waals surface area contributed by atoms with Crippen molar-refractivity contribution in [1.29, 1.82) is 0 Å². The van der Waals surface area contributed by atoms with Gasteiger partial charge in [0, 0.05) is 0 Å². The van der Waals surface area contributed by atoms with Crippen LogP contribution < -0.4 is 0 Å². The van der Waals surface area contributed by atoms with Gasteiger partial charge in [0.15, 0.2) is 0 Å². The van der Waals surface area contributed by atoms with Gasteiger partial charge in [-0.25, -0.2) is 0 Å². The van der Waals surface area contributed by atoms with Crippen molar-refractivity contribution in [3.05, 3.63) is 81.9 Å². The van der Waals surface area contributed by atoms with E-state index in [1.165, 1.54) is 24.0 Å². The summed E-state index contributed by atoms with van der Waals surface area (Å²) in [7, 11) is 0. The summed E-state index contributed by atoms with van der Waals surface area (Å²) in [4.78, 5) is 0. The Balaban J connectivity index is 0.00000210. The largest absolute Gasteiger partial charge is 0.147 e. The van der Waals surface area contributed by atoms with E-state index in [4.69, 9.17) is 0 Å². The number of allylic oxidation sites excluding steroid dienone is 2. The molecule has 2 unspecified atom stereocenters. The second-order valence-corrected chi connectivity index (χ2v) is 33.0. The molecular weight excluding hydrogens is 397 g/mol. The van der Waals surface area contributed by atoms with E-state index in [2.05, 4.69) is 90.8 Å². The summed E-state index contributed by atoms with van der Waals surface area (Å²) in [6, 6.07) is 18.3. The molecule has 2 aromatic rings. The van der Waals surface area contributed by atoms with Gasteiger partial charge in [-0.05, 0) is 0 Å². The van der Waals surface area contributed by atoms with Gasteiger partial charge in [0.05, 0.1) is 0 Å². The molecule has 0 bridgehead atoms. The molecule has 2 aliphatic carbocycles. The molecule has 0 aromatic heterocycles. The van der Waals surface area contributed by atoms with Crippen molar-refractivity contribution < 1.29 is 17.1 Å². The summed E-state index contributed by atoms with van der Waals surface area (Å²) in [5, 5.41) is 0. The zero-order valence-electron chi connectivity index (χ0n) is 17.0. The molecule has 0 N–H and O–H groups in total. The van der Waals surface area contributed by atoms with Crippen molar-refractivity contribution in [2.24, 2.45) is 0 Å². The van der Waals surface area contributed by atoms with Crippen LogP contribution in [-0.2, 0) is 17.1 Å². The Morgan fingerprint density at radius 1 is 0.741 bits per heavy atom. The fourth-order valence-corrected chi connectivity index (χ4v) is 21.5. The number of halogens is 1. The van der Waals surface area contributed by atoms with Gasteiger partial charge in [-0.2, -0.15) is 0 Å². The van der Waals surface area contributed by atoms with Gasteiger partial charge in [-0.15, -0.1) is 12.4 Å². The van der Waals surface area contributed by atoms with E-state index in [1.807, 2.05) is 0 Å². The van der Waals surface area contributed by atoms with Crippen LogP contribution in [0.4, 0.5) is 0 Å². The average molecular weight is 428 g/mol. The Morgan fingerprint density at radius 2 is 1.11 bits per heavy atom. The van der Waals surface area contributed by atoms with Crippen molar-refractivity contribution in [2.45, 2.75) is 43.4 Å². The van der Waals surface area contributed by atoms with E-state index < -0.39 is 17.1 Å². The van der Waals surface area contributed by atoms with Crippen molar-refractivity contribution in [3.63, 3.8) is 0 Å². The maximum Gasteiger partial charge on any atom is -0.147 e. The smallest absolute Gasteiger partial charge is 0.147 e. The molecule has 141 valence electrons. The monoisotopic (exact) mass is 427 g/mol. The fraction of sp³-hybridized carbons (Fsp3) is 0.333. The minimum absolute atomic E-state index is 0. The van der Waals surface area contributed by atoms with Gasteiger partial charge in [0.1, 0.15) is 0 Å². The molecule has 2 atom stereocenters. The Bertz CT molecular complexity index is 933. The molecule has 27 heavy (non-hydrogen) atoms. The number of hydrogen-bond acceptors (Lipinski definition) is 0. The summed E-state index contributed by atoms with van der Waals surface area (Å²) in [6.07, 6.45) is 7.34. The standard InChI is InChI=1S/2C11H11.2CH3.ClH.Sc.H2Si/c2*1-2-9-7-10-5-3-4-6-11(10)8-9;;;;;/h2*3-8H,2H2,1H3;2*1H3;1H;;1H2. The quantitative estimate of drug-likeness (QED) is 0.468. The third kappa shape index (κ3) is 3.22. The molecule has 0 nitrogen and oxygen atoms in total. The molecule has 0 spiro atoms. The summed E-state index contributed by atoms with van der Waals surface area (Å²) in [5.74, 6) is 0. The van der Waals surface area contributed by atoms with Crippen LogP contribution in [0.3, 0.4) is 0 Å². The number of benzene rings is 2. The number of fused-ring (bicyclic) bond motifs is 2. The van der Waals surface area contributed by atoms with Crippen molar-refractivity contribution in [1.82, 2.24) is 0 Å². The molecule has 3 heteroatoms. The molecular formula is C24H31ClScSi. The van der Waals surface area contributed by atoms with Gasteiger partial charge in [0.2, 0.25) is 0 Å². The molecule has 0 saturated heterocycles. The van der Waals surface area contributed by atoms with E-state index in [-0.39, 0.29) is 12.4 Å². The first kappa shape index (κ1) is 21.0. The number of hydrogen-bond donors (Lipinski definition) is 0. The van der Waals surface area contributed by atoms with Crippen LogP contribution in [-0.4, -0.2) is 6.94 Å². The molecule has 0 fully saturated rings. The Morgan fingerprint density at radius 3 is 1.48 bits per heavy atom. The van der Waals surface area contributed by atoms with E-state index >= 15 is 0 Å². The van der Waals surface area contributed by atoms with Crippen LogP contribution in [0, 0.1) is 0 Å². The van der Waals surface area contributed by atoms with Crippen LogP contribution in [0.5, 0.6) is 0 Å². The van der Waals surface area contributed by atoms with E-state index in [9.17, 15) is 0 Å². The van der Waals surface area contributed by atoms with Crippen LogP contribution in [0.1, 0.15) is 56.3 Å². The summed E-state index contributed by atoms with van der Waals surface area (Å²) >= 11 is -3.15. The summed E-state index contributed by atoms with van der Waals surface area (Å²) in [6.45, 7) is 7.13. The Kier molecular flexibility index (Phi) is 5.67. The first-order valence-electron chi connectivity index (χ1n) is 10.3. The normalized spacial score (nSPS) is 21.1. The minimum atomic E-state index is -3.15. The summed E-state index contributed by atoms with van der Waals surface area (Å²) < 4.78 is 6.77. The van der Waals surface area contributed by atoms with Crippen LogP contribution in [0.25, 0.3) is 12.2 Å². The first-order chi connectivity index (χ1) is 12.4. The molecule has 0 saturated carbocycles. The van der Waals surface area contributed by atoms with Gasteiger partial charge >= 0.3 is 162 Å². The maximum atomic E-state index is 2.72. The van der Waals surface area contributed by atoms with Crippen molar-refractivity contribution in [3.8, 4) is 0 Å². The second kappa shape index (κ2) is 7.28. The minimum Gasteiger partial charge on any atom is -0.147 e. The van der Waals surface area contributed by atoms with E-state index in [0.29, 0.717) is 7.35 Å². The molecule has 0 amide bonds. The molecule has 4 rings (SSSR count). The average Bonchev–Trinajstić information content (AvgIpc) is 3.20. The zero-order chi connectivity index (χ0) is 18.6. The third-order valence-corrected chi connectivity index (χ3v) is 20.3. The SMILES string of the molecule is CCC1=Cc2ccccc2[CH]1[Sc]([CH3])([CH3])(=[SiH2])[CH]1C(CC)=Cc2ccccc21.Cl. The van der Waals surface area contributed by atoms with Gasteiger partial charge < -0.3 is 0 Å². The number of rotatable bonds is 4. The Labute approximate surface area is 173 Å². The van der Waals surface area contributed by atoms with Gasteiger partial charge in [-0.3, -0.25) is 0 Å². The summed E-state index contributed by atoms with van der Waals surface area (Å²) in [5.41, 5.74) is 9.50. The maximum absolute atomic E-state index is 3.15. The predicted molar refractivity (Wildman–Crippen MR) is 122 cm³/mol. The van der Waals surface area contributed by atoms with Crippen LogP contribution >= 0.6 is 12.4 Å². The first-order valence-corrected chi connectivity index (χ1v) is 20.6. The molecule has 2 aromatic carbocycles. The van der Waals surface area contributed by atoms with E-state index in [1.54, 1.807) is 22.3 Å². The van der Waals surface area contributed by atoms with Crippen LogP contribution in [0.2, 0.25) is 9.36 Å². The molecule has 0 aliphatic heterocycles. The predicted octanol–water partition coefficient (Wildman–Crippen LogP) is 6.84. The topological polar surface area (TPSA) is 0 Å². The van der Waals surface area contributed by atoms with Gasteiger partial charge in [0.25, 0.3) is 0 Å². The molecule has 2 aliphatic rings. The zero-order valence-corrected chi connectivity index (χ0v) is 21.1. The third-order valence-electron chi connectivity index (χ3n) is 7.15.